The fourth-order valence-corrected chi connectivity index (χ4v) is 2.43. The molecule has 2 heterocycles. The Morgan fingerprint density at radius 2 is 2.37 bits per heavy atom. The van der Waals surface area contributed by atoms with Crippen LogP contribution in [0.1, 0.15) is 26.2 Å². The lowest BCUT2D eigenvalue weighted by Crippen LogP contribution is -2.26. The molecule has 6 nitrogen and oxygen atoms in total. The molecule has 0 spiro atoms. The second kappa shape index (κ2) is 6.56. The van der Waals surface area contributed by atoms with Crippen LogP contribution in [0, 0.1) is 0 Å². The highest BCUT2D eigenvalue weighted by atomic mass is 16.5. The number of nitrogens with two attached hydrogens (primary N) is 1. The Labute approximate surface area is 114 Å². The summed E-state index contributed by atoms with van der Waals surface area (Å²) < 4.78 is 5.69. The van der Waals surface area contributed by atoms with Crippen LogP contribution in [0.5, 0.6) is 5.88 Å². The number of hydrogen-bond acceptors (Lipinski definition) is 6. The molecule has 1 atom stereocenters. The van der Waals surface area contributed by atoms with E-state index in [1.165, 1.54) is 19.4 Å². The van der Waals surface area contributed by atoms with Crippen molar-refractivity contribution in [3.63, 3.8) is 0 Å². The Balaban J connectivity index is 1.84. The molecule has 0 amide bonds. The second-order valence-corrected chi connectivity index (χ2v) is 4.89. The topological polar surface area (TPSA) is 76.3 Å². The van der Waals surface area contributed by atoms with Crippen LogP contribution in [0.2, 0.25) is 0 Å². The van der Waals surface area contributed by atoms with Gasteiger partial charge in [-0.15, -0.1) is 0 Å². The third-order valence-electron chi connectivity index (χ3n) is 3.45. The first-order valence-electron chi connectivity index (χ1n) is 6.90. The molecule has 19 heavy (non-hydrogen) atoms. The number of rotatable bonds is 6. The molecule has 1 fully saturated rings. The highest BCUT2D eigenvalue weighted by Crippen LogP contribution is 2.19. The van der Waals surface area contributed by atoms with Gasteiger partial charge in [-0.1, -0.05) is 0 Å². The molecule has 0 aromatic carbocycles. The first-order valence-corrected chi connectivity index (χ1v) is 6.90. The number of aromatic nitrogens is 2. The number of hydrogen-bond donors (Lipinski definition) is 2. The zero-order valence-corrected chi connectivity index (χ0v) is 11.7. The fraction of sp³-hybridized carbons (Fsp3) is 0.692. The molecule has 3 N–H and O–H groups in total. The molecule has 1 aromatic heterocycles. The van der Waals surface area contributed by atoms with E-state index in [4.69, 9.17) is 10.5 Å². The summed E-state index contributed by atoms with van der Waals surface area (Å²) in [6.45, 7) is 4.66. The van der Waals surface area contributed by atoms with Crippen LogP contribution in [0.25, 0.3) is 0 Å². The van der Waals surface area contributed by atoms with E-state index in [-0.39, 0.29) is 5.95 Å². The van der Waals surface area contributed by atoms with Crippen LogP contribution in [0.3, 0.4) is 0 Å². The minimum Gasteiger partial charge on any atom is -0.477 e. The van der Waals surface area contributed by atoms with Crippen molar-refractivity contribution in [2.24, 2.45) is 0 Å². The zero-order chi connectivity index (χ0) is 13.7. The maximum Gasteiger partial charge on any atom is 0.225 e. The SMILES string of the molecule is CCNc1cc(OCCC2CCCN2C)nc(N)n1. The summed E-state index contributed by atoms with van der Waals surface area (Å²) in [5.41, 5.74) is 5.66. The Morgan fingerprint density at radius 1 is 1.53 bits per heavy atom. The van der Waals surface area contributed by atoms with Gasteiger partial charge in [0.25, 0.3) is 0 Å². The van der Waals surface area contributed by atoms with E-state index < -0.39 is 0 Å². The number of nitrogens with one attached hydrogen (secondary N) is 1. The normalized spacial score (nSPS) is 19.6. The summed E-state index contributed by atoms with van der Waals surface area (Å²) in [6.07, 6.45) is 3.57. The van der Waals surface area contributed by atoms with Gasteiger partial charge in [0.1, 0.15) is 5.82 Å². The average Bonchev–Trinajstić information content (AvgIpc) is 2.75. The van der Waals surface area contributed by atoms with Gasteiger partial charge in [-0.25, -0.2) is 0 Å². The van der Waals surface area contributed by atoms with Gasteiger partial charge >= 0.3 is 0 Å². The number of nitrogen functional groups attached to an aromatic ring is 1. The predicted octanol–water partition coefficient (Wildman–Crippen LogP) is 1.35. The Kier molecular flexibility index (Phi) is 4.79. The molecule has 1 saturated heterocycles. The summed E-state index contributed by atoms with van der Waals surface area (Å²) >= 11 is 0. The summed E-state index contributed by atoms with van der Waals surface area (Å²) in [5, 5.41) is 3.11. The second-order valence-electron chi connectivity index (χ2n) is 4.89. The molecule has 0 aliphatic carbocycles. The maximum atomic E-state index is 5.69. The fourth-order valence-electron chi connectivity index (χ4n) is 2.43. The van der Waals surface area contributed by atoms with Crippen LogP contribution >= 0.6 is 0 Å². The van der Waals surface area contributed by atoms with E-state index >= 15 is 0 Å². The molecule has 0 saturated carbocycles. The quantitative estimate of drug-likeness (QED) is 0.808. The first-order chi connectivity index (χ1) is 9.19. The van der Waals surface area contributed by atoms with Crippen molar-refractivity contribution >= 4 is 11.8 Å². The van der Waals surface area contributed by atoms with Gasteiger partial charge in [-0.05, 0) is 39.8 Å². The lowest BCUT2D eigenvalue weighted by Gasteiger charge is -2.19. The number of nitrogens with zero attached hydrogens (tertiary/aromatic N) is 3. The van der Waals surface area contributed by atoms with Gasteiger partial charge in [0.15, 0.2) is 0 Å². The third-order valence-corrected chi connectivity index (χ3v) is 3.45. The molecular formula is C13H23N5O. The van der Waals surface area contributed by atoms with Crippen molar-refractivity contribution in [1.29, 1.82) is 0 Å². The monoisotopic (exact) mass is 265 g/mol. The number of ether oxygens (including phenoxy) is 1. The van der Waals surface area contributed by atoms with Crippen LogP contribution < -0.4 is 15.8 Å². The molecule has 0 radical (unpaired) electrons. The number of anilines is 2. The van der Waals surface area contributed by atoms with Crippen molar-refractivity contribution in [2.75, 3.05) is 37.8 Å². The van der Waals surface area contributed by atoms with E-state index in [2.05, 4.69) is 27.2 Å². The Bertz CT molecular complexity index is 412. The van der Waals surface area contributed by atoms with E-state index in [0.717, 1.165) is 13.0 Å². The zero-order valence-electron chi connectivity index (χ0n) is 11.7. The van der Waals surface area contributed by atoms with Crippen molar-refractivity contribution in [1.82, 2.24) is 14.9 Å². The molecule has 106 valence electrons. The first kappa shape index (κ1) is 13.9. The van der Waals surface area contributed by atoms with Crippen molar-refractivity contribution < 1.29 is 4.74 Å². The highest BCUT2D eigenvalue weighted by molar-refractivity contribution is 5.42. The van der Waals surface area contributed by atoms with Crippen LogP contribution in [-0.2, 0) is 0 Å². The molecule has 1 aliphatic heterocycles. The van der Waals surface area contributed by atoms with Crippen molar-refractivity contribution in [3.05, 3.63) is 6.07 Å². The van der Waals surface area contributed by atoms with Crippen LogP contribution in [-0.4, -0.2) is 47.7 Å². The number of likely N-dealkylation sites (tertiary alicyclic amines) is 1. The average molecular weight is 265 g/mol. The Hall–Kier alpha value is -1.56. The van der Waals surface area contributed by atoms with Crippen LogP contribution in [0.4, 0.5) is 11.8 Å². The minimum atomic E-state index is 0.242. The maximum absolute atomic E-state index is 5.69. The summed E-state index contributed by atoms with van der Waals surface area (Å²) in [6, 6.07) is 2.42. The standard InChI is InChI=1S/C13H23N5O/c1-3-15-11-9-12(17-13(14)16-11)19-8-6-10-5-4-7-18(10)2/h9-10H,3-8H2,1-2H3,(H3,14,15,16,17). The molecule has 1 aliphatic rings. The molecule has 2 rings (SSSR count). The lowest BCUT2D eigenvalue weighted by molar-refractivity contribution is 0.228. The highest BCUT2D eigenvalue weighted by Gasteiger charge is 2.20. The molecule has 1 unspecified atom stereocenters. The largest absolute Gasteiger partial charge is 0.477 e. The van der Waals surface area contributed by atoms with Crippen molar-refractivity contribution in [2.45, 2.75) is 32.2 Å². The lowest BCUT2D eigenvalue weighted by atomic mass is 10.1. The van der Waals surface area contributed by atoms with E-state index in [0.29, 0.717) is 24.3 Å². The smallest absolute Gasteiger partial charge is 0.225 e. The summed E-state index contributed by atoms with van der Waals surface area (Å²) in [4.78, 5) is 10.6. The van der Waals surface area contributed by atoms with Gasteiger partial charge in [-0.2, -0.15) is 9.97 Å². The molecular weight excluding hydrogens is 242 g/mol. The van der Waals surface area contributed by atoms with Gasteiger partial charge in [0, 0.05) is 18.7 Å². The molecule has 0 bridgehead atoms. The minimum absolute atomic E-state index is 0.242. The van der Waals surface area contributed by atoms with E-state index in [1.807, 2.05) is 6.92 Å². The van der Waals surface area contributed by atoms with Gasteiger partial charge in [-0.3, -0.25) is 0 Å². The van der Waals surface area contributed by atoms with E-state index in [1.54, 1.807) is 6.07 Å². The molecule has 6 heteroatoms. The van der Waals surface area contributed by atoms with Gasteiger partial charge in [0.2, 0.25) is 11.8 Å². The van der Waals surface area contributed by atoms with Crippen LogP contribution in [0.15, 0.2) is 6.07 Å². The van der Waals surface area contributed by atoms with Gasteiger partial charge < -0.3 is 20.7 Å². The van der Waals surface area contributed by atoms with E-state index in [9.17, 15) is 0 Å². The predicted molar refractivity (Wildman–Crippen MR) is 76.4 cm³/mol. The summed E-state index contributed by atoms with van der Waals surface area (Å²) in [5.74, 6) is 1.50. The molecule has 1 aromatic rings. The Morgan fingerprint density at radius 3 is 3.05 bits per heavy atom. The van der Waals surface area contributed by atoms with Gasteiger partial charge in [0.05, 0.1) is 6.61 Å². The third kappa shape index (κ3) is 3.96. The van der Waals surface area contributed by atoms with Crippen molar-refractivity contribution in [3.8, 4) is 5.88 Å². The summed E-state index contributed by atoms with van der Waals surface area (Å²) in [7, 11) is 2.17.